The summed E-state index contributed by atoms with van der Waals surface area (Å²) >= 11 is 1.25. The Bertz CT molecular complexity index is 868. The number of hydrogen-bond donors (Lipinski definition) is 2. The first-order chi connectivity index (χ1) is 11.1. The first kappa shape index (κ1) is 13.8. The first-order valence-electron chi connectivity index (χ1n) is 6.80. The van der Waals surface area contributed by atoms with Gasteiger partial charge in [0.25, 0.3) is 11.6 Å². The fourth-order valence-corrected chi connectivity index (χ4v) is 3.76. The molecule has 0 saturated heterocycles. The fraction of sp³-hybridized carbons (Fsp3) is 0.0667. The number of non-ortho nitro benzene ring substituents is 1. The Morgan fingerprint density at radius 1 is 1.17 bits per heavy atom. The summed E-state index contributed by atoms with van der Waals surface area (Å²) in [4.78, 5) is 21.9. The zero-order chi connectivity index (χ0) is 16.0. The van der Waals surface area contributed by atoms with Crippen LogP contribution in [0.15, 0.2) is 53.6 Å². The Kier molecular flexibility index (Phi) is 2.88. The van der Waals surface area contributed by atoms with E-state index in [1.54, 1.807) is 6.07 Å². The third kappa shape index (κ3) is 1.99. The summed E-state index contributed by atoms with van der Waals surface area (Å²) in [7, 11) is 0. The van der Waals surface area contributed by atoms with Crippen molar-refractivity contribution in [3.63, 3.8) is 0 Å². The van der Waals surface area contributed by atoms with Crippen LogP contribution in [0.3, 0.4) is 0 Å². The van der Waals surface area contributed by atoms with Crippen LogP contribution in [0.25, 0.3) is 0 Å². The molecule has 7 nitrogen and oxygen atoms in total. The molecule has 2 aliphatic heterocycles. The highest BCUT2D eigenvalue weighted by molar-refractivity contribution is 8.16. The maximum absolute atomic E-state index is 12.5. The highest BCUT2D eigenvalue weighted by Crippen LogP contribution is 2.48. The highest BCUT2D eigenvalue weighted by atomic mass is 32.2. The van der Waals surface area contributed by atoms with Crippen LogP contribution in [0.5, 0.6) is 0 Å². The molecule has 0 radical (unpaired) electrons. The van der Waals surface area contributed by atoms with Crippen molar-refractivity contribution in [3.05, 3.63) is 69.8 Å². The average Bonchev–Trinajstić information content (AvgIpc) is 3.12. The molecule has 1 spiro atoms. The second-order valence-electron chi connectivity index (χ2n) is 5.12. The number of carbonyl (C=O) groups excluding carboxylic acids is 1. The molecule has 0 unspecified atom stereocenters. The number of hydrazone groups is 1. The third-order valence-electron chi connectivity index (χ3n) is 3.75. The van der Waals surface area contributed by atoms with Gasteiger partial charge in [0.2, 0.25) is 4.87 Å². The Morgan fingerprint density at radius 3 is 2.70 bits per heavy atom. The van der Waals surface area contributed by atoms with Crippen LogP contribution >= 0.6 is 11.8 Å². The van der Waals surface area contributed by atoms with E-state index in [1.807, 2.05) is 30.3 Å². The molecule has 2 N–H and O–H groups in total. The number of thioether (sulfide) groups is 1. The van der Waals surface area contributed by atoms with E-state index in [0.29, 0.717) is 16.3 Å². The molecule has 8 heteroatoms. The number of amides is 1. The van der Waals surface area contributed by atoms with Gasteiger partial charge in [0.15, 0.2) is 0 Å². The Hall–Kier alpha value is -2.87. The second kappa shape index (κ2) is 4.82. The van der Waals surface area contributed by atoms with E-state index in [-0.39, 0.29) is 11.6 Å². The molecule has 0 bridgehead atoms. The van der Waals surface area contributed by atoms with E-state index >= 15 is 0 Å². The summed E-state index contributed by atoms with van der Waals surface area (Å²) in [6, 6.07) is 13.8. The molecular weight excluding hydrogens is 316 g/mol. The summed E-state index contributed by atoms with van der Waals surface area (Å²) in [5, 5.41) is 18.7. The third-order valence-corrected chi connectivity index (χ3v) is 5.07. The lowest BCUT2D eigenvalue weighted by molar-refractivity contribution is -0.384. The molecule has 2 aliphatic rings. The summed E-state index contributed by atoms with van der Waals surface area (Å²) in [5.41, 5.74) is 4.78. The summed E-state index contributed by atoms with van der Waals surface area (Å²) in [6.45, 7) is 0. The van der Waals surface area contributed by atoms with Gasteiger partial charge in [-0.25, -0.2) is 0 Å². The van der Waals surface area contributed by atoms with Crippen LogP contribution in [-0.2, 0) is 9.67 Å². The number of nitro groups is 1. The van der Waals surface area contributed by atoms with E-state index in [9.17, 15) is 14.9 Å². The van der Waals surface area contributed by atoms with E-state index in [0.717, 1.165) is 5.56 Å². The van der Waals surface area contributed by atoms with Crippen LogP contribution < -0.4 is 10.7 Å². The Labute approximate surface area is 134 Å². The number of benzene rings is 2. The van der Waals surface area contributed by atoms with Crippen molar-refractivity contribution in [2.75, 3.05) is 5.32 Å². The Morgan fingerprint density at radius 2 is 1.96 bits per heavy atom. The van der Waals surface area contributed by atoms with Crippen molar-refractivity contribution < 1.29 is 9.72 Å². The van der Waals surface area contributed by atoms with Crippen LogP contribution in [0, 0.1) is 10.1 Å². The topological polar surface area (TPSA) is 96.6 Å². The molecule has 1 atom stereocenters. The lowest BCUT2D eigenvalue weighted by atomic mass is 10.1. The molecule has 4 rings (SSSR count). The minimum atomic E-state index is -1.16. The fourth-order valence-electron chi connectivity index (χ4n) is 2.62. The molecule has 1 amide bonds. The van der Waals surface area contributed by atoms with Crippen LogP contribution in [-0.4, -0.2) is 15.9 Å². The number of carbonyl (C=O) groups is 1. The van der Waals surface area contributed by atoms with Gasteiger partial charge in [0, 0.05) is 28.9 Å². The highest BCUT2D eigenvalue weighted by Gasteiger charge is 2.52. The van der Waals surface area contributed by atoms with Gasteiger partial charge >= 0.3 is 0 Å². The number of hydrogen-bond acceptors (Lipinski definition) is 6. The lowest BCUT2D eigenvalue weighted by Crippen LogP contribution is -2.39. The van der Waals surface area contributed by atoms with Gasteiger partial charge in [-0.3, -0.25) is 20.3 Å². The normalized spacial score (nSPS) is 21.6. The zero-order valence-corrected chi connectivity index (χ0v) is 12.5. The SMILES string of the molecule is O=C1Nc2ccc([N+](=O)[O-])cc2[C@@]12NN=C(c1ccccc1)S2. The predicted molar refractivity (Wildman–Crippen MR) is 87.1 cm³/mol. The van der Waals surface area contributed by atoms with E-state index < -0.39 is 9.79 Å². The van der Waals surface area contributed by atoms with E-state index in [2.05, 4.69) is 15.8 Å². The number of nitrogens with one attached hydrogen (secondary N) is 2. The van der Waals surface area contributed by atoms with Gasteiger partial charge in [-0.15, -0.1) is 0 Å². The second-order valence-corrected chi connectivity index (χ2v) is 6.32. The quantitative estimate of drug-likeness (QED) is 0.652. The van der Waals surface area contributed by atoms with Gasteiger partial charge in [0.05, 0.1) is 4.92 Å². The molecule has 2 heterocycles. The maximum atomic E-state index is 12.5. The number of nitro benzene ring substituents is 1. The number of nitrogens with zero attached hydrogens (tertiary/aromatic N) is 2. The minimum absolute atomic E-state index is 0.0600. The predicted octanol–water partition coefficient (Wildman–Crippen LogP) is 2.40. The van der Waals surface area contributed by atoms with Gasteiger partial charge in [0.1, 0.15) is 5.04 Å². The molecule has 2 aromatic carbocycles. The van der Waals surface area contributed by atoms with Crippen LogP contribution in [0.4, 0.5) is 11.4 Å². The largest absolute Gasteiger partial charge is 0.322 e. The zero-order valence-electron chi connectivity index (χ0n) is 11.6. The van der Waals surface area contributed by atoms with Crippen molar-refractivity contribution in [1.29, 1.82) is 0 Å². The molecule has 0 aromatic heterocycles. The van der Waals surface area contributed by atoms with E-state index in [4.69, 9.17) is 0 Å². The average molecular weight is 326 g/mol. The van der Waals surface area contributed by atoms with Gasteiger partial charge in [-0.2, -0.15) is 5.10 Å². The molecule has 0 fully saturated rings. The number of fused-ring (bicyclic) bond motifs is 2. The number of anilines is 1. The maximum Gasteiger partial charge on any atom is 0.269 e. The van der Waals surface area contributed by atoms with Crippen LogP contribution in [0.1, 0.15) is 11.1 Å². The minimum Gasteiger partial charge on any atom is -0.322 e. The summed E-state index contributed by atoms with van der Waals surface area (Å²) in [6.07, 6.45) is 0. The molecular formula is C15H10N4O3S. The monoisotopic (exact) mass is 326 g/mol. The molecule has 23 heavy (non-hydrogen) atoms. The van der Waals surface area contributed by atoms with Crippen molar-refractivity contribution in [1.82, 2.24) is 5.43 Å². The van der Waals surface area contributed by atoms with Crippen molar-refractivity contribution in [3.8, 4) is 0 Å². The first-order valence-corrected chi connectivity index (χ1v) is 7.61. The molecule has 2 aromatic rings. The van der Waals surface area contributed by atoms with Crippen LogP contribution in [0.2, 0.25) is 0 Å². The van der Waals surface area contributed by atoms with Crippen molar-refractivity contribution >= 4 is 34.1 Å². The van der Waals surface area contributed by atoms with Crippen molar-refractivity contribution in [2.45, 2.75) is 4.87 Å². The Balaban J connectivity index is 1.76. The van der Waals surface area contributed by atoms with Crippen molar-refractivity contribution in [2.24, 2.45) is 5.10 Å². The molecule has 0 aliphatic carbocycles. The van der Waals surface area contributed by atoms with Gasteiger partial charge in [-0.05, 0) is 6.07 Å². The smallest absolute Gasteiger partial charge is 0.269 e. The lowest BCUT2D eigenvalue weighted by Gasteiger charge is -2.19. The standard InChI is InChI=1S/C15H10N4O3S/c20-14-15(11-8-10(19(21)22)6-7-12(11)16-14)18-17-13(23-15)9-4-2-1-3-5-9/h1-8,18H,(H,16,20)/t15-/m0/s1. The molecule has 114 valence electrons. The number of rotatable bonds is 2. The summed E-state index contributed by atoms with van der Waals surface area (Å²) in [5.74, 6) is -0.285. The van der Waals surface area contributed by atoms with Gasteiger partial charge in [-0.1, -0.05) is 42.1 Å². The molecule has 0 saturated carbocycles. The van der Waals surface area contributed by atoms with Gasteiger partial charge < -0.3 is 5.32 Å². The summed E-state index contributed by atoms with van der Waals surface area (Å²) < 4.78 is 0. The van der Waals surface area contributed by atoms with E-state index in [1.165, 1.54) is 23.9 Å².